The van der Waals surface area contributed by atoms with Gasteiger partial charge in [-0.05, 0) is 36.8 Å². The number of methoxy groups -OCH3 is 1. The highest BCUT2D eigenvalue weighted by atomic mass is 32.1. The van der Waals surface area contributed by atoms with Crippen molar-refractivity contribution in [3.8, 4) is 0 Å². The zero-order valence-corrected chi connectivity index (χ0v) is 14.2. The van der Waals surface area contributed by atoms with Crippen LogP contribution in [0.3, 0.4) is 0 Å². The number of rotatable bonds is 5. The Morgan fingerprint density at radius 3 is 2.54 bits per heavy atom. The number of carbonyl (C=O) groups excluding carboxylic acids is 2. The lowest BCUT2D eigenvalue weighted by Gasteiger charge is -2.29. The van der Waals surface area contributed by atoms with Gasteiger partial charge in [-0.3, -0.25) is 0 Å². The van der Waals surface area contributed by atoms with Crippen LogP contribution >= 0.6 is 12.2 Å². The minimum absolute atomic E-state index is 0.119. The van der Waals surface area contributed by atoms with E-state index < -0.39 is 18.0 Å². The van der Waals surface area contributed by atoms with Gasteiger partial charge in [0.15, 0.2) is 5.11 Å². The molecule has 24 heavy (non-hydrogen) atoms. The number of allylic oxidation sites excluding steroid dienone is 1. The Bertz CT molecular complexity index is 710. The molecular formula is C17H18N2O4S. The molecule has 0 fully saturated rings. The van der Waals surface area contributed by atoms with Gasteiger partial charge in [0, 0.05) is 5.70 Å². The summed E-state index contributed by atoms with van der Waals surface area (Å²) in [6.07, 6.45) is 1.50. The fraction of sp³-hybridized carbons (Fsp3) is 0.235. The second kappa shape index (κ2) is 7.74. The molecule has 1 heterocycles. The second-order valence-corrected chi connectivity index (χ2v) is 5.48. The van der Waals surface area contributed by atoms with Crippen LogP contribution in [-0.2, 0) is 14.3 Å². The van der Waals surface area contributed by atoms with Crippen molar-refractivity contribution >= 4 is 29.3 Å². The van der Waals surface area contributed by atoms with E-state index in [1.165, 1.54) is 13.2 Å². The predicted molar refractivity (Wildman–Crippen MR) is 93.2 cm³/mol. The number of esters is 2. The summed E-state index contributed by atoms with van der Waals surface area (Å²) in [6.45, 7) is 5.41. The van der Waals surface area contributed by atoms with E-state index >= 15 is 0 Å². The Kier molecular flexibility index (Phi) is 5.70. The highest BCUT2D eigenvalue weighted by molar-refractivity contribution is 7.80. The molecule has 0 saturated carbocycles. The molecule has 0 radical (unpaired) electrons. The van der Waals surface area contributed by atoms with E-state index in [-0.39, 0.29) is 6.61 Å². The Morgan fingerprint density at radius 1 is 1.29 bits per heavy atom. The van der Waals surface area contributed by atoms with E-state index in [0.29, 0.717) is 21.9 Å². The molecule has 1 aromatic rings. The molecule has 2 rings (SSSR count). The van der Waals surface area contributed by atoms with Gasteiger partial charge in [0.1, 0.15) is 6.61 Å². The average molecular weight is 346 g/mol. The van der Waals surface area contributed by atoms with Crippen LogP contribution in [0.25, 0.3) is 0 Å². The van der Waals surface area contributed by atoms with Crippen molar-refractivity contribution in [1.29, 1.82) is 0 Å². The quantitative estimate of drug-likeness (QED) is 0.480. The molecular weight excluding hydrogens is 328 g/mol. The predicted octanol–water partition coefficient (Wildman–Crippen LogP) is 2.00. The molecule has 0 spiro atoms. The van der Waals surface area contributed by atoms with Gasteiger partial charge in [-0.25, -0.2) is 9.59 Å². The Hall–Kier alpha value is -2.67. The van der Waals surface area contributed by atoms with Gasteiger partial charge in [-0.1, -0.05) is 24.8 Å². The molecule has 0 aliphatic carbocycles. The lowest BCUT2D eigenvalue weighted by Crippen LogP contribution is -2.45. The van der Waals surface area contributed by atoms with E-state index in [0.717, 1.165) is 5.56 Å². The molecule has 1 atom stereocenters. The minimum Gasteiger partial charge on any atom is -0.465 e. The van der Waals surface area contributed by atoms with Crippen molar-refractivity contribution < 1.29 is 19.1 Å². The van der Waals surface area contributed by atoms with Crippen molar-refractivity contribution in [1.82, 2.24) is 10.6 Å². The van der Waals surface area contributed by atoms with E-state index in [1.807, 2.05) is 0 Å². The number of thiocarbonyl (C=S) groups is 1. The molecule has 0 bridgehead atoms. The first-order chi connectivity index (χ1) is 11.5. The van der Waals surface area contributed by atoms with Crippen LogP contribution in [0.1, 0.15) is 28.9 Å². The van der Waals surface area contributed by atoms with Crippen LogP contribution in [0.2, 0.25) is 0 Å². The zero-order chi connectivity index (χ0) is 17.7. The summed E-state index contributed by atoms with van der Waals surface area (Å²) in [7, 11) is 1.32. The number of carbonyl (C=O) groups is 2. The van der Waals surface area contributed by atoms with Gasteiger partial charge in [0.25, 0.3) is 0 Å². The van der Waals surface area contributed by atoms with Crippen LogP contribution in [0.15, 0.2) is 48.2 Å². The molecule has 2 N–H and O–H groups in total. The van der Waals surface area contributed by atoms with Crippen LogP contribution in [-0.4, -0.2) is 30.8 Å². The number of hydrogen-bond donors (Lipinski definition) is 2. The van der Waals surface area contributed by atoms with Gasteiger partial charge >= 0.3 is 11.9 Å². The largest absolute Gasteiger partial charge is 0.465 e. The van der Waals surface area contributed by atoms with Crippen LogP contribution in [0.5, 0.6) is 0 Å². The third kappa shape index (κ3) is 3.80. The van der Waals surface area contributed by atoms with Crippen molar-refractivity contribution in [3.63, 3.8) is 0 Å². The molecule has 0 aromatic heterocycles. The molecule has 1 aliphatic rings. The Balaban J connectivity index is 2.35. The summed E-state index contributed by atoms with van der Waals surface area (Å²) in [6, 6.07) is 6.28. The molecule has 1 aromatic carbocycles. The van der Waals surface area contributed by atoms with Crippen molar-refractivity contribution in [3.05, 3.63) is 59.3 Å². The van der Waals surface area contributed by atoms with Crippen LogP contribution in [0.4, 0.5) is 0 Å². The summed E-state index contributed by atoms with van der Waals surface area (Å²) >= 11 is 5.17. The second-order valence-electron chi connectivity index (χ2n) is 5.07. The maximum Gasteiger partial charge on any atom is 0.338 e. The summed E-state index contributed by atoms with van der Waals surface area (Å²) in [5, 5.41) is 6.39. The summed E-state index contributed by atoms with van der Waals surface area (Å²) < 4.78 is 9.84. The van der Waals surface area contributed by atoms with Gasteiger partial charge in [0.05, 0.1) is 24.3 Å². The maximum atomic E-state index is 12.4. The van der Waals surface area contributed by atoms with Gasteiger partial charge in [-0.15, -0.1) is 0 Å². The highest BCUT2D eigenvalue weighted by Crippen LogP contribution is 2.28. The number of benzene rings is 1. The average Bonchev–Trinajstić information content (AvgIpc) is 2.58. The lowest BCUT2D eigenvalue weighted by atomic mass is 9.95. The van der Waals surface area contributed by atoms with E-state index in [9.17, 15) is 9.59 Å². The van der Waals surface area contributed by atoms with Gasteiger partial charge in [0.2, 0.25) is 0 Å². The third-order valence-electron chi connectivity index (χ3n) is 3.49. The Labute approximate surface area is 145 Å². The van der Waals surface area contributed by atoms with E-state index in [2.05, 4.69) is 21.9 Å². The molecule has 0 saturated heterocycles. The number of ether oxygens (including phenoxy) is 2. The Morgan fingerprint density at radius 2 is 1.96 bits per heavy atom. The molecule has 1 aliphatic heterocycles. The highest BCUT2D eigenvalue weighted by Gasteiger charge is 2.30. The van der Waals surface area contributed by atoms with Crippen LogP contribution in [0, 0.1) is 0 Å². The molecule has 0 unspecified atom stereocenters. The fourth-order valence-corrected chi connectivity index (χ4v) is 2.63. The number of nitrogens with one attached hydrogen (secondary N) is 2. The molecule has 126 valence electrons. The summed E-state index contributed by atoms with van der Waals surface area (Å²) in [5.41, 5.74) is 2.25. The first kappa shape index (κ1) is 17.7. The standard InChI is InChI=1S/C17H18N2O4S/c1-4-9-23-16(21)13-10(2)18-17(24)19-14(13)11-5-7-12(8-6-11)15(20)22-3/h4-8,14H,1,9H2,2-3H3,(H2,18,19,24)/t14-/m1/s1. The monoisotopic (exact) mass is 346 g/mol. The summed E-state index contributed by atoms with van der Waals surface area (Å²) in [5.74, 6) is -0.885. The zero-order valence-electron chi connectivity index (χ0n) is 13.4. The first-order valence-corrected chi connectivity index (χ1v) is 7.63. The fourth-order valence-electron chi connectivity index (χ4n) is 2.36. The SMILES string of the molecule is C=CCOC(=O)C1=C(C)NC(=S)N[C@@H]1c1ccc(C(=O)OC)cc1. The van der Waals surface area contributed by atoms with Gasteiger partial charge in [-0.2, -0.15) is 0 Å². The lowest BCUT2D eigenvalue weighted by molar-refractivity contribution is -0.138. The van der Waals surface area contributed by atoms with Crippen molar-refractivity contribution in [2.45, 2.75) is 13.0 Å². The van der Waals surface area contributed by atoms with Gasteiger partial charge < -0.3 is 20.1 Å². The third-order valence-corrected chi connectivity index (χ3v) is 3.71. The van der Waals surface area contributed by atoms with Crippen molar-refractivity contribution in [2.24, 2.45) is 0 Å². The normalized spacial score (nSPS) is 16.8. The van der Waals surface area contributed by atoms with Crippen LogP contribution < -0.4 is 10.6 Å². The molecule has 7 heteroatoms. The molecule has 0 amide bonds. The smallest absolute Gasteiger partial charge is 0.338 e. The maximum absolute atomic E-state index is 12.4. The van der Waals surface area contributed by atoms with Crippen molar-refractivity contribution in [2.75, 3.05) is 13.7 Å². The molecule has 6 nitrogen and oxygen atoms in total. The topological polar surface area (TPSA) is 76.7 Å². The number of hydrogen-bond acceptors (Lipinski definition) is 5. The van der Waals surface area contributed by atoms with E-state index in [4.69, 9.17) is 17.0 Å². The summed E-state index contributed by atoms with van der Waals surface area (Å²) in [4.78, 5) is 23.9. The van der Waals surface area contributed by atoms with E-state index in [1.54, 1.807) is 31.2 Å². The minimum atomic E-state index is -0.470. The first-order valence-electron chi connectivity index (χ1n) is 7.22.